The number of anilines is 1. The third-order valence-corrected chi connectivity index (χ3v) is 5.63. The van der Waals surface area contributed by atoms with E-state index in [2.05, 4.69) is 14.8 Å². The molecule has 7 heteroatoms. The van der Waals surface area contributed by atoms with E-state index in [0.29, 0.717) is 25.7 Å². The van der Waals surface area contributed by atoms with Crippen LogP contribution in [0, 0.1) is 5.92 Å². The lowest BCUT2D eigenvalue weighted by Crippen LogP contribution is -2.52. The van der Waals surface area contributed by atoms with Gasteiger partial charge >= 0.3 is 0 Å². The van der Waals surface area contributed by atoms with Crippen LogP contribution in [0.25, 0.3) is 0 Å². The number of rotatable bonds is 4. The van der Waals surface area contributed by atoms with Crippen LogP contribution < -0.4 is 4.90 Å². The highest BCUT2D eigenvalue weighted by molar-refractivity contribution is 5.78. The second kappa shape index (κ2) is 8.33. The fourth-order valence-corrected chi connectivity index (χ4v) is 4.05. The first kappa shape index (κ1) is 17.7. The smallest absolute Gasteiger partial charge is 0.236 e. The normalized spacial score (nSPS) is 23.5. The third kappa shape index (κ3) is 4.16. The molecule has 3 fully saturated rings. The summed E-state index contributed by atoms with van der Waals surface area (Å²) in [6, 6.07) is 5.96. The number of nitrogens with zero attached hydrogens (tertiary/aromatic N) is 4. The van der Waals surface area contributed by atoms with Crippen molar-refractivity contribution in [3.05, 3.63) is 24.4 Å². The predicted molar refractivity (Wildman–Crippen MR) is 97.9 cm³/mol. The second-order valence-corrected chi connectivity index (χ2v) is 7.28. The maximum atomic E-state index is 12.6. The summed E-state index contributed by atoms with van der Waals surface area (Å²) in [4.78, 5) is 23.6. The van der Waals surface area contributed by atoms with Gasteiger partial charge in [0.2, 0.25) is 5.91 Å². The van der Waals surface area contributed by atoms with Crippen LogP contribution in [0.5, 0.6) is 0 Å². The van der Waals surface area contributed by atoms with Crippen molar-refractivity contribution in [2.75, 3.05) is 63.9 Å². The van der Waals surface area contributed by atoms with Crippen LogP contribution in [-0.2, 0) is 14.3 Å². The van der Waals surface area contributed by atoms with Crippen LogP contribution in [0.15, 0.2) is 24.4 Å². The van der Waals surface area contributed by atoms with Gasteiger partial charge in [0.05, 0.1) is 19.8 Å². The Bertz CT molecular complexity index is 578. The molecule has 1 aromatic heterocycles. The molecular weight excluding hydrogens is 332 g/mol. The number of piperazine rings is 1. The van der Waals surface area contributed by atoms with E-state index in [9.17, 15) is 4.79 Å². The number of carbonyl (C=O) groups is 1. The maximum absolute atomic E-state index is 12.6. The topological polar surface area (TPSA) is 58.1 Å². The summed E-state index contributed by atoms with van der Waals surface area (Å²) >= 11 is 0. The lowest BCUT2D eigenvalue weighted by Gasteiger charge is -2.38. The van der Waals surface area contributed by atoms with E-state index >= 15 is 0 Å². The predicted octanol–water partition coefficient (Wildman–Crippen LogP) is 0.815. The molecule has 1 amide bonds. The van der Waals surface area contributed by atoms with Gasteiger partial charge in [-0.2, -0.15) is 0 Å². The van der Waals surface area contributed by atoms with Crippen molar-refractivity contribution in [2.24, 2.45) is 5.92 Å². The molecule has 3 aliphatic heterocycles. The zero-order valence-corrected chi connectivity index (χ0v) is 15.3. The molecule has 7 nitrogen and oxygen atoms in total. The van der Waals surface area contributed by atoms with Crippen molar-refractivity contribution in [3.63, 3.8) is 0 Å². The molecule has 0 spiro atoms. The van der Waals surface area contributed by atoms with Crippen LogP contribution in [-0.4, -0.2) is 86.0 Å². The molecule has 1 aromatic rings. The van der Waals surface area contributed by atoms with Crippen molar-refractivity contribution < 1.29 is 14.3 Å². The molecule has 0 aromatic carbocycles. The van der Waals surface area contributed by atoms with Crippen LogP contribution in [0.2, 0.25) is 0 Å². The molecule has 0 unspecified atom stereocenters. The Kier molecular flexibility index (Phi) is 5.67. The van der Waals surface area contributed by atoms with Crippen LogP contribution in [0.3, 0.4) is 0 Å². The monoisotopic (exact) mass is 360 g/mol. The summed E-state index contributed by atoms with van der Waals surface area (Å²) in [6.45, 7) is 7.11. The summed E-state index contributed by atoms with van der Waals surface area (Å²) in [5, 5.41) is 0. The Morgan fingerprint density at radius 1 is 1.04 bits per heavy atom. The molecule has 0 radical (unpaired) electrons. The van der Waals surface area contributed by atoms with Gasteiger partial charge in [-0.1, -0.05) is 6.07 Å². The van der Waals surface area contributed by atoms with Crippen LogP contribution >= 0.6 is 0 Å². The molecule has 0 saturated carbocycles. The molecule has 3 aliphatic rings. The SMILES string of the molecule is O=C(CN1CCC(C2OCCO2)CC1)N1CCN(c2ccccn2)CC1. The second-order valence-electron chi connectivity index (χ2n) is 7.28. The van der Waals surface area contributed by atoms with E-state index in [0.717, 1.165) is 57.9 Å². The molecule has 3 saturated heterocycles. The molecule has 4 heterocycles. The van der Waals surface area contributed by atoms with Crippen molar-refractivity contribution in [3.8, 4) is 0 Å². The van der Waals surface area contributed by atoms with Crippen molar-refractivity contribution in [1.29, 1.82) is 0 Å². The zero-order valence-electron chi connectivity index (χ0n) is 15.3. The van der Waals surface area contributed by atoms with E-state index in [1.807, 2.05) is 29.3 Å². The Morgan fingerprint density at radius 3 is 2.42 bits per heavy atom. The van der Waals surface area contributed by atoms with Gasteiger partial charge in [-0.3, -0.25) is 9.69 Å². The molecule has 4 rings (SSSR count). The van der Waals surface area contributed by atoms with Gasteiger partial charge < -0.3 is 19.3 Å². The molecule has 142 valence electrons. The van der Waals surface area contributed by atoms with Crippen LogP contribution in [0.4, 0.5) is 5.82 Å². The molecule has 0 aliphatic carbocycles. The fraction of sp³-hybridized carbons (Fsp3) is 0.684. The summed E-state index contributed by atoms with van der Waals surface area (Å²) in [7, 11) is 0. The minimum absolute atomic E-state index is 0.0208. The number of piperidine rings is 1. The highest BCUT2D eigenvalue weighted by Crippen LogP contribution is 2.25. The molecule has 26 heavy (non-hydrogen) atoms. The number of aromatic nitrogens is 1. The highest BCUT2D eigenvalue weighted by Gasteiger charge is 2.31. The number of pyridine rings is 1. The van der Waals surface area contributed by atoms with E-state index in [4.69, 9.17) is 9.47 Å². The average Bonchev–Trinajstić information content (AvgIpc) is 3.24. The van der Waals surface area contributed by atoms with Crippen molar-refractivity contribution in [2.45, 2.75) is 19.1 Å². The first-order valence-corrected chi connectivity index (χ1v) is 9.69. The lowest BCUT2D eigenvalue weighted by molar-refractivity contribution is -0.134. The number of likely N-dealkylation sites (tertiary alicyclic amines) is 1. The van der Waals surface area contributed by atoms with Gasteiger partial charge in [-0.25, -0.2) is 4.98 Å². The fourth-order valence-electron chi connectivity index (χ4n) is 4.05. The summed E-state index contributed by atoms with van der Waals surface area (Å²) in [6.07, 6.45) is 3.89. The van der Waals surface area contributed by atoms with Gasteiger partial charge in [-0.05, 0) is 38.1 Å². The van der Waals surface area contributed by atoms with Gasteiger partial charge in [-0.15, -0.1) is 0 Å². The number of hydrogen-bond donors (Lipinski definition) is 0. The number of carbonyl (C=O) groups excluding carboxylic acids is 1. The zero-order chi connectivity index (χ0) is 17.8. The van der Waals surface area contributed by atoms with E-state index in [-0.39, 0.29) is 12.2 Å². The van der Waals surface area contributed by atoms with Crippen molar-refractivity contribution >= 4 is 11.7 Å². The van der Waals surface area contributed by atoms with Gasteiger partial charge in [0.1, 0.15) is 5.82 Å². The lowest BCUT2D eigenvalue weighted by atomic mass is 9.96. The number of amides is 1. The summed E-state index contributed by atoms with van der Waals surface area (Å²) < 4.78 is 11.2. The number of ether oxygens (including phenoxy) is 2. The quantitative estimate of drug-likeness (QED) is 0.792. The summed E-state index contributed by atoms with van der Waals surface area (Å²) in [5.41, 5.74) is 0. The highest BCUT2D eigenvalue weighted by atomic mass is 16.7. The Balaban J connectivity index is 1.20. The van der Waals surface area contributed by atoms with Crippen molar-refractivity contribution in [1.82, 2.24) is 14.8 Å². The minimum Gasteiger partial charge on any atom is -0.353 e. The van der Waals surface area contributed by atoms with Gasteiger partial charge in [0, 0.05) is 38.3 Å². The molecule has 0 atom stereocenters. The van der Waals surface area contributed by atoms with E-state index < -0.39 is 0 Å². The Hall–Kier alpha value is -1.70. The van der Waals surface area contributed by atoms with Crippen LogP contribution in [0.1, 0.15) is 12.8 Å². The number of hydrogen-bond acceptors (Lipinski definition) is 6. The van der Waals surface area contributed by atoms with E-state index in [1.165, 1.54) is 0 Å². The first-order chi connectivity index (χ1) is 12.8. The standard InChI is InChI=1S/C19H28N4O3/c24-18(15-21-7-4-16(5-8-21)19-25-13-14-26-19)23-11-9-22(10-12-23)17-3-1-2-6-20-17/h1-3,6,16,19H,4-5,7-15H2. The minimum atomic E-state index is -0.0208. The largest absolute Gasteiger partial charge is 0.353 e. The summed E-state index contributed by atoms with van der Waals surface area (Å²) in [5.74, 6) is 1.72. The molecule has 0 N–H and O–H groups in total. The third-order valence-electron chi connectivity index (χ3n) is 5.63. The molecule has 0 bridgehead atoms. The van der Waals surface area contributed by atoms with E-state index in [1.54, 1.807) is 0 Å². The van der Waals surface area contributed by atoms with Gasteiger partial charge in [0.25, 0.3) is 0 Å². The van der Waals surface area contributed by atoms with Gasteiger partial charge in [0.15, 0.2) is 6.29 Å². The maximum Gasteiger partial charge on any atom is 0.236 e. The average molecular weight is 360 g/mol. The Labute approximate surface area is 154 Å². The first-order valence-electron chi connectivity index (χ1n) is 9.69. The molecular formula is C19H28N4O3. The Morgan fingerprint density at radius 2 is 1.77 bits per heavy atom.